The fourth-order valence-corrected chi connectivity index (χ4v) is 2.91. The average molecular weight is 327 g/mol. The summed E-state index contributed by atoms with van der Waals surface area (Å²) >= 11 is 0. The van der Waals surface area contributed by atoms with Crippen molar-refractivity contribution in [3.63, 3.8) is 0 Å². The van der Waals surface area contributed by atoms with Gasteiger partial charge in [0.15, 0.2) is 0 Å². The highest BCUT2D eigenvalue weighted by Crippen LogP contribution is 2.16. The topological polar surface area (TPSA) is 41.1 Å². The molecule has 0 unspecified atom stereocenters. The normalized spacial score (nSPS) is 11.1. The molecule has 0 aromatic carbocycles. The molecule has 0 aliphatic rings. The number of unbranched alkanes of at least 4 members (excludes halogenated alkanes) is 9. The molecule has 1 amide bonds. The van der Waals surface area contributed by atoms with Gasteiger partial charge in [-0.1, -0.05) is 91.4 Å². The second kappa shape index (κ2) is 17.8. The summed E-state index contributed by atoms with van der Waals surface area (Å²) in [4.78, 5) is 12.2. The maximum Gasteiger partial charge on any atom is 0.237 e. The van der Waals surface area contributed by atoms with E-state index in [-0.39, 0.29) is 11.8 Å². The molecule has 0 rings (SSSR count). The summed E-state index contributed by atoms with van der Waals surface area (Å²) in [5, 5.41) is 0. The van der Waals surface area contributed by atoms with Crippen molar-refractivity contribution in [2.75, 3.05) is 6.54 Å². The molecule has 0 bridgehead atoms. The highest BCUT2D eigenvalue weighted by atomic mass is 16.2. The van der Waals surface area contributed by atoms with Crippen molar-refractivity contribution >= 4 is 5.91 Å². The molecule has 0 aliphatic heterocycles. The van der Waals surface area contributed by atoms with E-state index < -0.39 is 0 Å². The third kappa shape index (κ3) is 14.7. The van der Waals surface area contributed by atoms with Crippen molar-refractivity contribution in [3.8, 4) is 0 Å². The average Bonchev–Trinajstić information content (AvgIpc) is 2.56. The first-order chi connectivity index (χ1) is 11.3. The molecule has 0 saturated carbocycles. The minimum atomic E-state index is 0.195. The molecule has 3 heteroatoms. The SMILES string of the molecule is CCCCCCCCCCNNC(=O)C(CCCC)CCCC. The number of rotatable bonds is 17. The number of nitrogens with one attached hydrogen (secondary N) is 2. The van der Waals surface area contributed by atoms with E-state index in [1.807, 2.05) is 0 Å². The Bertz CT molecular complexity index is 248. The van der Waals surface area contributed by atoms with Crippen molar-refractivity contribution in [3.05, 3.63) is 0 Å². The van der Waals surface area contributed by atoms with Crippen LogP contribution in [0.25, 0.3) is 0 Å². The zero-order chi connectivity index (χ0) is 17.2. The molecule has 23 heavy (non-hydrogen) atoms. The maximum absolute atomic E-state index is 12.2. The predicted octanol–water partition coefficient (Wildman–Crippen LogP) is 5.74. The smallest absolute Gasteiger partial charge is 0.237 e. The van der Waals surface area contributed by atoms with E-state index >= 15 is 0 Å². The lowest BCUT2D eigenvalue weighted by Gasteiger charge is -2.16. The van der Waals surface area contributed by atoms with Gasteiger partial charge in [-0.05, 0) is 19.3 Å². The first kappa shape index (κ1) is 22.4. The minimum absolute atomic E-state index is 0.195. The van der Waals surface area contributed by atoms with Gasteiger partial charge in [-0.15, -0.1) is 0 Å². The van der Waals surface area contributed by atoms with E-state index in [9.17, 15) is 4.79 Å². The van der Waals surface area contributed by atoms with Crippen LogP contribution in [0, 0.1) is 5.92 Å². The fraction of sp³-hybridized carbons (Fsp3) is 0.950. The fourth-order valence-electron chi connectivity index (χ4n) is 2.91. The van der Waals surface area contributed by atoms with Gasteiger partial charge in [0.25, 0.3) is 0 Å². The number of amides is 1. The van der Waals surface area contributed by atoms with Crippen molar-refractivity contribution in [2.24, 2.45) is 5.92 Å². The second-order valence-electron chi connectivity index (χ2n) is 6.87. The highest BCUT2D eigenvalue weighted by Gasteiger charge is 2.16. The summed E-state index contributed by atoms with van der Waals surface area (Å²) in [6.07, 6.45) is 17.3. The quantitative estimate of drug-likeness (QED) is 0.264. The highest BCUT2D eigenvalue weighted by molar-refractivity contribution is 5.78. The van der Waals surface area contributed by atoms with Crippen molar-refractivity contribution in [1.82, 2.24) is 10.9 Å². The molecular formula is C20H42N2O. The van der Waals surface area contributed by atoms with Crippen LogP contribution >= 0.6 is 0 Å². The Kier molecular flexibility index (Phi) is 17.3. The van der Waals surface area contributed by atoms with E-state index in [4.69, 9.17) is 0 Å². The first-order valence-corrected chi connectivity index (χ1v) is 10.3. The molecule has 0 spiro atoms. The lowest BCUT2D eigenvalue weighted by Crippen LogP contribution is -2.41. The van der Waals surface area contributed by atoms with Crippen LogP contribution in [0.3, 0.4) is 0 Å². The molecule has 3 nitrogen and oxygen atoms in total. The largest absolute Gasteiger partial charge is 0.291 e. The van der Waals surface area contributed by atoms with Crippen molar-refractivity contribution in [2.45, 2.75) is 111 Å². The Balaban J connectivity index is 3.57. The Morgan fingerprint density at radius 2 is 1.17 bits per heavy atom. The Hall–Kier alpha value is -0.570. The predicted molar refractivity (Wildman–Crippen MR) is 101 cm³/mol. The van der Waals surface area contributed by atoms with Crippen LogP contribution in [0.2, 0.25) is 0 Å². The molecule has 0 radical (unpaired) electrons. The van der Waals surface area contributed by atoms with Gasteiger partial charge in [0.1, 0.15) is 0 Å². The summed E-state index contributed by atoms with van der Waals surface area (Å²) < 4.78 is 0. The summed E-state index contributed by atoms with van der Waals surface area (Å²) in [6.45, 7) is 7.54. The standard InChI is InChI=1S/C20H42N2O/c1-4-7-10-11-12-13-14-15-18-21-22-20(23)19(16-8-5-2)17-9-6-3/h19,21H,4-18H2,1-3H3,(H,22,23). The number of hydrogen-bond acceptors (Lipinski definition) is 2. The van der Waals surface area contributed by atoms with Crippen LogP contribution in [-0.4, -0.2) is 12.5 Å². The van der Waals surface area contributed by atoms with Crippen LogP contribution < -0.4 is 10.9 Å². The number of carbonyl (C=O) groups is 1. The van der Waals surface area contributed by atoms with Gasteiger partial charge in [-0.2, -0.15) is 0 Å². The van der Waals surface area contributed by atoms with Crippen LogP contribution in [0.5, 0.6) is 0 Å². The van der Waals surface area contributed by atoms with Gasteiger partial charge >= 0.3 is 0 Å². The summed E-state index contributed by atoms with van der Waals surface area (Å²) in [5.74, 6) is 0.396. The lowest BCUT2D eigenvalue weighted by atomic mass is 9.95. The Labute approximate surface area is 145 Å². The molecule has 0 aliphatic carbocycles. The van der Waals surface area contributed by atoms with E-state index in [1.54, 1.807) is 0 Å². The summed E-state index contributed by atoms with van der Waals surface area (Å²) in [7, 11) is 0. The van der Waals surface area contributed by atoms with Gasteiger partial charge in [0, 0.05) is 12.5 Å². The molecule has 0 aromatic heterocycles. The molecule has 2 N–H and O–H groups in total. The summed E-state index contributed by atoms with van der Waals surface area (Å²) in [6, 6.07) is 0. The molecule has 0 atom stereocenters. The molecule has 138 valence electrons. The Morgan fingerprint density at radius 1 is 0.696 bits per heavy atom. The van der Waals surface area contributed by atoms with Crippen LogP contribution in [0.15, 0.2) is 0 Å². The third-order valence-corrected chi connectivity index (χ3v) is 4.55. The van der Waals surface area contributed by atoms with Crippen molar-refractivity contribution in [1.29, 1.82) is 0 Å². The van der Waals surface area contributed by atoms with Crippen LogP contribution in [0.1, 0.15) is 111 Å². The molecular weight excluding hydrogens is 284 g/mol. The molecule has 0 heterocycles. The molecule has 0 aromatic rings. The number of hydrazine groups is 1. The zero-order valence-corrected chi connectivity index (χ0v) is 16.1. The van der Waals surface area contributed by atoms with Gasteiger partial charge in [0.2, 0.25) is 5.91 Å². The van der Waals surface area contributed by atoms with Gasteiger partial charge in [0.05, 0.1) is 0 Å². The lowest BCUT2D eigenvalue weighted by molar-refractivity contribution is -0.126. The maximum atomic E-state index is 12.2. The number of carbonyl (C=O) groups excluding carboxylic acids is 1. The van der Waals surface area contributed by atoms with Crippen molar-refractivity contribution < 1.29 is 4.79 Å². The second-order valence-corrected chi connectivity index (χ2v) is 6.87. The molecule has 0 fully saturated rings. The van der Waals surface area contributed by atoms with E-state index in [1.165, 1.54) is 57.8 Å². The monoisotopic (exact) mass is 326 g/mol. The van der Waals surface area contributed by atoms with E-state index in [0.29, 0.717) is 0 Å². The minimum Gasteiger partial charge on any atom is -0.291 e. The van der Waals surface area contributed by atoms with Crippen LogP contribution in [-0.2, 0) is 4.79 Å². The van der Waals surface area contributed by atoms with Gasteiger partial charge < -0.3 is 0 Å². The van der Waals surface area contributed by atoms with Gasteiger partial charge in [-0.25, -0.2) is 5.43 Å². The number of hydrogen-bond donors (Lipinski definition) is 2. The first-order valence-electron chi connectivity index (χ1n) is 10.3. The van der Waals surface area contributed by atoms with Crippen LogP contribution in [0.4, 0.5) is 0 Å². The Morgan fingerprint density at radius 3 is 1.70 bits per heavy atom. The van der Waals surface area contributed by atoms with E-state index in [2.05, 4.69) is 31.6 Å². The third-order valence-electron chi connectivity index (χ3n) is 4.55. The summed E-state index contributed by atoms with van der Waals surface area (Å²) in [5.41, 5.74) is 6.06. The van der Waals surface area contributed by atoms with Gasteiger partial charge in [-0.3, -0.25) is 10.2 Å². The molecule has 0 saturated heterocycles. The zero-order valence-electron chi connectivity index (χ0n) is 16.1. The van der Waals surface area contributed by atoms with E-state index in [0.717, 1.165) is 38.6 Å².